The topological polar surface area (TPSA) is 79.8 Å². The minimum Gasteiger partial charge on any atom is -0.444 e. The smallest absolute Gasteiger partial charge is 0.410 e. The predicted molar refractivity (Wildman–Crippen MR) is 119 cm³/mol. The van der Waals surface area contributed by atoms with Gasteiger partial charge in [0, 0.05) is 43.6 Å². The summed E-state index contributed by atoms with van der Waals surface area (Å²) in [6.45, 7) is 10.7. The number of fused-ring (bicyclic) bond motifs is 1. The second kappa shape index (κ2) is 8.82. The molecule has 2 aliphatic rings. The van der Waals surface area contributed by atoms with Gasteiger partial charge in [-0.3, -0.25) is 0 Å². The van der Waals surface area contributed by atoms with Crippen LogP contribution in [0, 0.1) is 0 Å². The highest BCUT2D eigenvalue weighted by molar-refractivity contribution is 7.19. The van der Waals surface area contributed by atoms with E-state index in [1.807, 2.05) is 20.8 Å². The lowest BCUT2D eigenvalue weighted by Crippen LogP contribution is -2.38. The van der Waals surface area contributed by atoms with Crippen LogP contribution in [-0.4, -0.2) is 72.0 Å². The van der Waals surface area contributed by atoms with Gasteiger partial charge in [0.05, 0.1) is 23.4 Å². The van der Waals surface area contributed by atoms with Crippen LogP contribution in [-0.2, 0) is 16.0 Å². The van der Waals surface area contributed by atoms with E-state index < -0.39 is 5.60 Å². The number of hydrogen-bond acceptors (Lipinski definition) is 8. The number of carbonyl (C=O) groups excluding carboxylic acids is 1. The highest BCUT2D eigenvalue weighted by atomic mass is 35.5. The lowest BCUT2D eigenvalue weighted by molar-refractivity contribution is 0.0291. The monoisotopic (exact) mass is 453 g/mol. The summed E-state index contributed by atoms with van der Waals surface area (Å²) >= 11 is 7.87. The zero-order chi connectivity index (χ0) is 21.3. The molecule has 0 bridgehead atoms. The number of morpholine rings is 1. The summed E-state index contributed by atoms with van der Waals surface area (Å²) in [5.74, 6) is 0.890. The molecule has 1 unspecified atom stereocenters. The predicted octanol–water partition coefficient (Wildman–Crippen LogP) is 3.28. The first kappa shape index (κ1) is 21.5. The number of amides is 1. The maximum Gasteiger partial charge on any atom is 0.410 e. The van der Waals surface area contributed by atoms with Crippen molar-refractivity contribution in [2.24, 2.45) is 0 Å². The van der Waals surface area contributed by atoms with Crippen molar-refractivity contribution in [3.05, 3.63) is 16.2 Å². The van der Waals surface area contributed by atoms with Gasteiger partial charge in [0.15, 0.2) is 5.82 Å². The fourth-order valence-electron chi connectivity index (χ4n) is 3.68. The first-order valence-electron chi connectivity index (χ1n) is 10.3. The maximum atomic E-state index is 12.3. The Hall–Kier alpha value is -1.68. The first-order chi connectivity index (χ1) is 14.3. The van der Waals surface area contributed by atoms with Gasteiger partial charge in [0.2, 0.25) is 5.28 Å². The molecule has 30 heavy (non-hydrogen) atoms. The van der Waals surface area contributed by atoms with E-state index in [1.54, 1.807) is 16.2 Å². The SMILES string of the molecule is CC(C)(C)OC(=O)N1CCC(NCc2cc3nc(Cl)nc(N4CCOCC4)c3s2)C1. The minimum absolute atomic E-state index is 0.242. The molecule has 4 rings (SSSR count). The van der Waals surface area contributed by atoms with E-state index in [-0.39, 0.29) is 17.4 Å². The third kappa shape index (κ3) is 5.14. The van der Waals surface area contributed by atoms with Crippen molar-refractivity contribution in [1.29, 1.82) is 0 Å². The molecule has 1 amide bonds. The van der Waals surface area contributed by atoms with Crippen LogP contribution in [0.4, 0.5) is 10.6 Å². The zero-order valence-electron chi connectivity index (χ0n) is 17.6. The highest BCUT2D eigenvalue weighted by Crippen LogP contribution is 2.33. The van der Waals surface area contributed by atoms with E-state index >= 15 is 0 Å². The molecule has 164 valence electrons. The van der Waals surface area contributed by atoms with Gasteiger partial charge >= 0.3 is 6.09 Å². The van der Waals surface area contributed by atoms with Gasteiger partial charge in [-0.25, -0.2) is 9.78 Å². The number of nitrogens with one attached hydrogen (secondary N) is 1. The summed E-state index contributed by atoms with van der Waals surface area (Å²) in [5.41, 5.74) is 0.403. The van der Waals surface area contributed by atoms with Crippen LogP contribution in [0.1, 0.15) is 32.1 Å². The lowest BCUT2D eigenvalue weighted by Gasteiger charge is -2.28. The summed E-state index contributed by atoms with van der Waals surface area (Å²) in [7, 11) is 0. The Labute approximate surface area is 185 Å². The van der Waals surface area contributed by atoms with E-state index in [1.165, 1.54) is 4.88 Å². The number of thiophene rings is 1. The summed E-state index contributed by atoms with van der Waals surface area (Å²) in [5, 5.41) is 3.83. The van der Waals surface area contributed by atoms with Gasteiger partial charge in [-0.15, -0.1) is 11.3 Å². The Morgan fingerprint density at radius 1 is 1.33 bits per heavy atom. The van der Waals surface area contributed by atoms with E-state index in [0.29, 0.717) is 32.8 Å². The molecule has 2 aromatic heterocycles. The maximum absolute atomic E-state index is 12.3. The number of hydrogen-bond donors (Lipinski definition) is 1. The second-order valence-corrected chi connectivity index (χ2v) is 10.1. The fourth-order valence-corrected chi connectivity index (χ4v) is 4.91. The van der Waals surface area contributed by atoms with Crippen LogP contribution in [0.2, 0.25) is 5.28 Å². The van der Waals surface area contributed by atoms with Crippen molar-refractivity contribution >= 4 is 45.1 Å². The Morgan fingerprint density at radius 3 is 2.83 bits per heavy atom. The largest absolute Gasteiger partial charge is 0.444 e. The average Bonchev–Trinajstić information content (AvgIpc) is 3.32. The van der Waals surface area contributed by atoms with Crippen molar-refractivity contribution in [3.63, 3.8) is 0 Å². The molecule has 1 N–H and O–H groups in total. The third-order valence-corrected chi connectivity index (χ3v) is 6.38. The number of likely N-dealkylation sites (tertiary alicyclic amines) is 1. The van der Waals surface area contributed by atoms with Crippen LogP contribution < -0.4 is 10.2 Å². The second-order valence-electron chi connectivity index (χ2n) is 8.64. The van der Waals surface area contributed by atoms with Crippen LogP contribution >= 0.6 is 22.9 Å². The van der Waals surface area contributed by atoms with Crippen LogP contribution in [0.5, 0.6) is 0 Å². The number of aromatic nitrogens is 2. The molecule has 0 aromatic carbocycles. The van der Waals surface area contributed by atoms with E-state index in [9.17, 15) is 4.79 Å². The first-order valence-corrected chi connectivity index (χ1v) is 11.5. The van der Waals surface area contributed by atoms with Gasteiger partial charge < -0.3 is 24.6 Å². The molecule has 8 nitrogen and oxygen atoms in total. The molecule has 0 radical (unpaired) electrons. The standard InChI is InChI=1S/C20H28ClN5O3S/c1-20(2,3)29-19(27)26-5-4-13(12-26)22-11-14-10-15-16(30-14)17(24-18(21)23-15)25-6-8-28-9-7-25/h10,13,22H,4-9,11-12H2,1-3H3. The molecule has 0 spiro atoms. The van der Waals surface area contributed by atoms with Gasteiger partial charge in [0.1, 0.15) is 5.60 Å². The van der Waals surface area contributed by atoms with Crippen molar-refractivity contribution in [2.45, 2.75) is 45.4 Å². The third-order valence-electron chi connectivity index (χ3n) is 5.09. The molecule has 0 aliphatic carbocycles. The summed E-state index contributed by atoms with van der Waals surface area (Å²) in [6.07, 6.45) is 0.670. The average molecular weight is 454 g/mol. The number of anilines is 1. The molecular weight excluding hydrogens is 426 g/mol. The van der Waals surface area contributed by atoms with Crippen LogP contribution in [0.15, 0.2) is 6.07 Å². The van der Waals surface area contributed by atoms with Crippen molar-refractivity contribution < 1.29 is 14.3 Å². The van der Waals surface area contributed by atoms with Crippen LogP contribution in [0.3, 0.4) is 0 Å². The Balaban J connectivity index is 1.40. The number of nitrogens with zero attached hydrogens (tertiary/aromatic N) is 4. The zero-order valence-corrected chi connectivity index (χ0v) is 19.2. The quantitative estimate of drug-likeness (QED) is 0.711. The van der Waals surface area contributed by atoms with Crippen molar-refractivity contribution in [2.75, 3.05) is 44.3 Å². The molecule has 2 aromatic rings. The molecule has 2 saturated heterocycles. The van der Waals surface area contributed by atoms with E-state index in [4.69, 9.17) is 21.1 Å². The van der Waals surface area contributed by atoms with Crippen LogP contribution in [0.25, 0.3) is 10.2 Å². The van der Waals surface area contributed by atoms with Crippen molar-refractivity contribution in [1.82, 2.24) is 20.2 Å². The number of rotatable bonds is 4. The lowest BCUT2D eigenvalue weighted by atomic mass is 10.2. The summed E-state index contributed by atoms with van der Waals surface area (Å²) < 4.78 is 12.0. The Kier molecular flexibility index (Phi) is 6.34. The minimum atomic E-state index is -0.472. The van der Waals surface area contributed by atoms with Crippen molar-refractivity contribution in [3.8, 4) is 0 Å². The number of halogens is 1. The highest BCUT2D eigenvalue weighted by Gasteiger charge is 2.29. The van der Waals surface area contributed by atoms with E-state index in [2.05, 4.69) is 26.3 Å². The summed E-state index contributed by atoms with van der Waals surface area (Å²) in [6, 6.07) is 2.32. The molecule has 0 saturated carbocycles. The molecule has 1 atom stereocenters. The normalized spacial score (nSPS) is 20.2. The number of ether oxygens (including phenoxy) is 2. The van der Waals surface area contributed by atoms with Gasteiger partial charge in [-0.2, -0.15) is 4.98 Å². The molecule has 10 heteroatoms. The molecule has 2 fully saturated rings. The number of carbonyl (C=O) groups is 1. The molecule has 2 aliphatic heterocycles. The Bertz CT molecular complexity index is 910. The Morgan fingerprint density at radius 2 is 2.10 bits per heavy atom. The molecule has 4 heterocycles. The van der Waals surface area contributed by atoms with Gasteiger partial charge in [0.25, 0.3) is 0 Å². The fraction of sp³-hybridized carbons (Fsp3) is 0.650. The van der Waals surface area contributed by atoms with Gasteiger partial charge in [-0.05, 0) is 44.9 Å². The summed E-state index contributed by atoms with van der Waals surface area (Å²) in [4.78, 5) is 26.3. The van der Waals surface area contributed by atoms with Gasteiger partial charge in [-0.1, -0.05) is 0 Å². The molecular formula is C20H28ClN5O3S. The van der Waals surface area contributed by atoms with E-state index in [0.717, 1.165) is 35.5 Å².